The molecule has 1 heterocycles. The molecule has 0 aromatic heterocycles. The molecule has 1 aliphatic rings. The third kappa shape index (κ3) is 1.37. The number of allylic oxidation sites excluding steroid dienone is 1. The van der Waals surface area contributed by atoms with Gasteiger partial charge < -0.3 is 5.11 Å². The Hall–Kier alpha value is -1.78. The predicted octanol–water partition coefficient (Wildman–Crippen LogP) is -0.823. The number of aliphatic carboxylic acids is 1. The summed E-state index contributed by atoms with van der Waals surface area (Å²) in [7, 11) is 0. The van der Waals surface area contributed by atoms with Crippen LogP contribution in [0.25, 0.3) is 0 Å². The molecule has 56 valence electrons. The number of carboxylic acid groups (broad SMARTS) is 1. The lowest BCUT2D eigenvalue weighted by atomic mass is 10.2. The van der Waals surface area contributed by atoms with Crippen LogP contribution in [-0.2, 0) is 14.4 Å². The van der Waals surface area contributed by atoms with Gasteiger partial charge in [-0.25, -0.2) is 4.79 Å². The average molecular weight is 153 g/mol. The highest BCUT2D eigenvalue weighted by Gasteiger charge is 2.21. The van der Waals surface area contributed by atoms with Gasteiger partial charge in [-0.05, 0) is 6.08 Å². The molecule has 0 fully saturated rings. The topological polar surface area (TPSA) is 83.8 Å². The van der Waals surface area contributed by atoms with Gasteiger partial charge in [-0.1, -0.05) is 0 Å². The third-order valence-corrected chi connectivity index (χ3v) is 1.04. The van der Waals surface area contributed by atoms with Crippen LogP contribution in [0.2, 0.25) is 0 Å². The number of amides is 1. The van der Waals surface area contributed by atoms with Gasteiger partial charge in [0.05, 0.1) is 0 Å². The first-order valence-corrected chi connectivity index (χ1v) is 2.69. The lowest BCUT2D eigenvalue weighted by Gasteiger charge is -1.97. The maximum Gasteiger partial charge on any atom is 0.358 e. The molecule has 0 unspecified atom stereocenters. The molecule has 0 bridgehead atoms. The van der Waals surface area contributed by atoms with E-state index in [0.29, 0.717) is 0 Å². The van der Waals surface area contributed by atoms with Crippen LogP contribution in [0.4, 0.5) is 0 Å². The summed E-state index contributed by atoms with van der Waals surface area (Å²) in [4.78, 5) is 34.2. The molecule has 0 atom stereocenters. The van der Waals surface area contributed by atoms with Crippen LogP contribution in [0.15, 0.2) is 17.1 Å². The fourth-order valence-corrected chi connectivity index (χ4v) is 0.582. The van der Waals surface area contributed by atoms with Crippen molar-refractivity contribution in [3.05, 3.63) is 12.2 Å². The van der Waals surface area contributed by atoms with Crippen molar-refractivity contribution in [3.63, 3.8) is 0 Å². The zero-order chi connectivity index (χ0) is 8.43. The molecule has 0 aromatic rings. The average Bonchev–Trinajstić information content (AvgIpc) is 1.94. The van der Waals surface area contributed by atoms with Gasteiger partial charge >= 0.3 is 5.97 Å². The molecule has 11 heavy (non-hydrogen) atoms. The van der Waals surface area contributed by atoms with E-state index in [1.807, 2.05) is 0 Å². The van der Waals surface area contributed by atoms with E-state index in [1.165, 1.54) is 0 Å². The van der Waals surface area contributed by atoms with Gasteiger partial charge in [0.15, 0.2) is 5.71 Å². The van der Waals surface area contributed by atoms with E-state index >= 15 is 0 Å². The van der Waals surface area contributed by atoms with E-state index in [-0.39, 0.29) is 0 Å². The van der Waals surface area contributed by atoms with E-state index < -0.39 is 23.4 Å². The van der Waals surface area contributed by atoms with Crippen molar-refractivity contribution in [2.24, 2.45) is 4.99 Å². The second-order valence-electron chi connectivity index (χ2n) is 1.80. The zero-order valence-electron chi connectivity index (χ0n) is 5.27. The molecule has 1 rings (SSSR count). The maximum absolute atomic E-state index is 10.6. The van der Waals surface area contributed by atoms with Gasteiger partial charge in [0.1, 0.15) is 0 Å². The van der Waals surface area contributed by atoms with Crippen LogP contribution in [-0.4, -0.2) is 28.5 Å². The Morgan fingerprint density at radius 1 is 1.36 bits per heavy atom. The van der Waals surface area contributed by atoms with Gasteiger partial charge in [-0.2, -0.15) is 4.99 Å². The van der Waals surface area contributed by atoms with Crippen molar-refractivity contribution in [3.8, 4) is 0 Å². The number of rotatable bonds is 1. The summed E-state index contributed by atoms with van der Waals surface area (Å²) < 4.78 is 0. The van der Waals surface area contributed by atoms with E-state index in [2.05, 4.69) is 4.99 Å². The number of hydrogen-bond acceptors (Lipinski definition) is 3. The molecule has 1 N–H and O–H groups in total. The number of ketones is 1. The summed E-state index contributed by atoms with van der Waals surface area (Å²) >= 11 is 0. The summed E-state index contributed by atoms with van der Waals surface area (Å²) in [5, 5.41) is 8.29. The molecule has 0 saturated heterocycles. The van der Waals surface area contributed by atoms with Crippen molar-refractivity contribution in [1.29, 1.82) is 0 Å². The van der Waals surface area contributed by atoms with Gasteiger partial charge in [-0.15, -0.1) is 0 Å². The minimum atomic E-state index is -1.48. The number of aliphatic imine (C=N–C) groups is 1. The fourth-order valence-electron chi connectivity index (χ4n) is 0.582. The van der Waals surface area contributed by atoms with E-state index in [4.69, 9.17) is 5.11 Å². The zero-order valence-corrected chi connectivity index (χ0v) is 5.27. The maximum atomic E-state index is 10.6. The summed E-state index contributed by atoms with van der Waals surface area (Å²) in [6.07, 6.45) is 1.81. The number of carboxylic acids is 1. The monoisotopic (exact) mass is 153 g/mol. The van der Waals surface area contributed by atoms with Gasteiger partial charge in [0, 0.05) is 6.08 Å². The molecule has 5 heteroatoms. The first kappa shape index (κ1) is 7.33. The van der Waals surface area contributed by atoms with Crippen molar-refractivity contribution < 1.29 is 19.5 Å². The van der Waals surface area contributed by atoms with Crippen LogP contribution in [0.3, 0.4) is 0 Å². The lowest BCUT2D eigenvalue weighted by Crippen LogP contribution is -2.25. The van der Waals surface area contributed by atoms with Crippen molar-refractivity contribution in [2.45, 2.75) is 0 Å². The smallest absolute Gasteiger partial charge is 0.358 e. The van der Waals surface area contributed by atoms with Crippen LogP contribution in [0.5, 0.6) is 0 Å². The Balaban J connectivity index is 3.03. The molecule has 0 saturated carbocycles. The van der Waals surface area contributed by atoms with E-state index in [1.54, 1.807) is 0 Å². The fraction of sp³-hybridized carbons (Fsp3) is 0. The van der Waals surface area contributed by atoms with Gasteiger partial charge in [0.2, 0.25) is 5.78 Å². The molecule has 5 nitrogen and oxygen atoms in total. The van der Waals surface area contributed by atoms with Crippen LogP contribution in [0, 0.1) is 0 Å². The number of hydrogen-bond donors (Lipinski definition) is 1. The van der Waals surface area contributed by atoms with Gasteiger partial charge in [-0.3, -0.25) is 9.59 Å². The molecule has 0 aromatic carbocycles. The summed E-state index contributed by atoms with van der Waals surface area (Å²) in [5.74, 6) is -2.95. The Morgan fingerprint density at radius 2 is 2.00 bits per heavy atom. The number of carbonyl (C=O) groups is 3. The molecular formula is C6H3NO4. The molecule has 1 amide bonds. The molecule has 0 radical (unpaired) electrons. The Morgan fingerprint density at radius 3 is 2.45 bits per heavy atom. The lowest BCUT2D eigenvalue weighted by molar-refractivity contribution is -0.130. The Labute approximate surface area is 61.0 Å². The third-order valence-electron chi connectivity index (χ3n) is 1.04. The summed E-state index contributed by atoms with van der Waals surface area (Å²) in [6, 6.07) is 0. The molecule has 0 spiro atoms. The van der Waals surface area contributed by atoms with Crippen molar-refractivity contribution in [2.75, 3.05) is 0 Å². The highest BCUT2D eigenvalue weighted by Crippen LogP contribution is 1.95. The summed E-state index contributed by atoms with van der Waals surface area (Å²) in [6.45, 7) is 0. The highest BCUT2D eigenvalue weighted by atomic mass is 16.4. The van der Waals surface area contributed by atoms with Crippen molar-refractivity contribution >= 4 is 23.4 Å². The van der Waals surface area contributed by atoms with Crippen LogP contribution in [0.1, 0.15) is 0 Å². The van der Waals surface area contributed by atoms with Crippen LogP contribution < -0.4 is 0 Å². The minimum Gasteiger partial charge on any atom is -0.476 e. The first-order chi connectivity index (χ1) is 5.11. The molecule has 1 aliphatic heterocycles. The predicted molar refractivity (Wildman–Crippen MR) is 34.2 cm³/mol. The van der Waals surface area contributed by atoms with E-state index in [0.717, 1.165) is 12.2 Å². The SMILES string of the molecule is O=C1C=CC(=O)C(C(=O)O)=N1. The van der Waals surface area contributed by atoms with Crippen LogP contribution >= 0.6 is 0 Å². The standard InChI is InChI=1S/C6H3NO4/c8-3-1-2-4(9)7-5(3)6(10)11/h1-2H,(H,10,11). The Bertz CT molecular complexity index is 300. The normalized spacial score (nSPS) is 16.5. The summed E-state index contributed by atoms with van der Waals surface area (Å²) in [5.41, 5.74) is -0.725. The number of dihydropyridines is 1. The van der Waals surface area contributed by atoms with Gasteiger partial charge in [0.25, 0.3) is 5.91 Å². The molecule has 0 aliphatic carbocycles. The Kier molecular flexibility index (Phi) is 1.63. The second kappa shape index (κ2) is 2.45. The largest absolute Gasteiger partial charge is 0.476 e. The number of carbonyl (C=O) groups excluding carboxylic acids is 2. The van der Waals surface area contributed by atoms with E-state index in [9.17, 15) is 14.4 Å². The second-order valence-corrected chi connectivity index (χ2v) is 1.80. The highest BCUT2D eigenvalue weighted by molar-refractivity contribution is 6.68. The molecular weight excluding hydrogens is 150 g/mol. The minimum absolute atomic E-state index is 0.720. The first-order valence-electron chi connectivity index (χ1n) is 2.69. The number of nitrogens with zero attached hydrogens (tertiary/aromatic N) is 1. The quantitative estimate of drug-likeness (QED) is 0.533. The van der Waals surface area contributed by atoms with Crippen molar-refractivity contribution in [1.82, 2.24) is 0 Å².